The molecule has 1 aliphatic rings. The summed E-state index contributed by atoms with van der Waals surface area (Å²) in [5, 5.41) is 0. The maximum atomic E-state index is 12.0. The standard InChI is InChI=1S/C15H19NO6S/c1-23(19,20)11-12-3-2-4-13(9-12)15(18)22-10-14(17)16-5-7-21-8-6-16/h2-4,9H,5-8,10-11H2,1H3. The summed E-state index contributed by atoms with van der Waals surface area (Å²) < 4.78 is 32.7. The normalized spacial score (nSPS) is 15.3. The van der Waals surface area contributed by atoms with Gasteiger partial charge in [0.25, 0.3) is 5.91 Å². The Hall–Kier alpha value is -1.93. The number of ether oxygens (including phenoxy) is 2. The van der Waals surface area contributed by atoms with Crippen LogP contribution in [0.15, 0.2) is 24.3 Å². The van der Waals surface area contributed by atoms with E-state index in [0.29, 0.717) is 31.9 Å². The molecule has 1 aromatic carbocycles. The number of sulfone groups is 1. The first kappa shape index (κ1) is 17.4. The van der Waals surface area contributed by atoms with Crippen molar-refractivity contribution < 1.29 is 27.5 Å². The van der Waals surface area contributed by atoms with Crippen LogP contribution in [0.2, 0.25) is 0 Å². The first-order valence-corrected chi connectivity index (χ1v) is 9.20. The fraction of sp³-hybridized carbons (Fsp3) is 0.467. The van der Waals surface area contributed by atoms with E-state index in [1.165, 1.54) is 12.1 Å². The molecule has 0 aromatic heterocycles. The zero-order chi connectivity index (χ0) is 16.9. The summed E-state index contributed by atoms with van der Waals surface area (Å²) in [4.78, 5) is 25.5. The number of hydrogen-bond donors (Lipinski definition) is 0. The molecule has 0 saturated carbocycles. The second-order valence-corrected chi connectivity index (χ2v) is 7.48. The van der Waals surface area contributed by atoms with Crippen molar-refractivity contribution in [2.75, 3.05) is 39.2 Å². The van der Waals surface area contributed by atoms with Crippen molar-refractivity contribution in [1.29, 1.82) is 0 Å². The van der Waals surface area contributed by atoms with E-state index in [1.807, 2.05) is 0 Å². The van der Waals surface area contributed by atoms with Crippen LogP contribution in [0.25, 0.3) is 0 Å². The van der Waals surface area contributed by atoms with Gasteiger partial charge in [0.05, 0.1) is 24.5 Å². The number of carbonyl (C=O) groups is 2. The minimum absolute atomic E-state index is 0.152. The van der Waals surface area contributed by atoms with Gasteiger partial charge in [0, 0.05) is 19.3 Å². The molecule has 0 atom stereocenters. The lowest BCUT2D eigenvalue weighted by atomic mass is 10.1. The van der Waals surface area contributed by atoms with Crippen LogP contribution in [0, 0.1) is 0 Å². The highest BCUT2D eigenvalue weighted by Gasteiger charge is 2.19. The third-order valence-corrected chi connectivity index (χ3v) is 4.14. The molecule has 7 nitrogen and oxygen atoms in total. The molecule has 1 fully saturated rings. The van der Waals surface area contributed by atoms with Crippen molar-refractivity contribution in [3.8, 4) is 0 Å². The number of nitrogens with zero attached hydrogens (tertiary/aromatic N) is 1. The molecule has 0 N–H and O–H groups in total. The van der Waals surface area contributed by atoms with Gasteiger partial charge in [-0.1, -0.05) is 12.1 Å². The Morgan fingerprint density at radius 2 is 1.96 bits per heavy atom. The van der Waals surface area contributed by atoms with Gasteiger partial charge in [-0.2, -0.15) is 0 Å². The number of benzene rings is 1. The maximum absolute atomic E-state index is 12.0. The average molecular weight is 341 g/mol. The van der Waals surface area contributed by atoms with Crippen LogP contribution < -0.4 is 0 Å². The summed E-state index contributed by atoms with van der Waals surface area (Å²) in [5.41, 5.74) is 0.724. The molecule has 1 aromatic rings. The van der Waals surface area contributed by atoms with Crippen LogP contribution in [0.5, 0.6) is 0 Å². The maximum Gasteiger partial charge on any atom is 0.338 e. The lowest BCUT2D eigenvalue weighted by Crippen LogP contribution is -2.42. The third kappa shape index (κ3) is 5.65. The van der Waals surface area contributed by atoms with E-state index in [9.17, 15) is 18.0 Å². The Morgan fingerprint density at radius 3 is 2.61 bits per heavy atom. The van der Waals surface area contributed by atoms with Gasteiger partial charge in [-0.15, -0.1) is 0 Å². The second-order valence-electron chi connectivity index (χ2n) is 5.34. The summed E-state index contributed by atoms with van der Waals surface area (Å²) >= 11 is 0. The van der Waals surface area contributed by atoms with E-state index in [0.717, 1.165) is 6.26 Å². The molecule has 1 amide bonds. The minimum Gasteiger partial charge on any atom is -0.452 e. The van der Waals surface area contributed by atoms with Crippen molar-refractivity contribution in [3.05, 3.63) is 35.4 Å². The molecule has 0 unspecified atom stereocenters. The van der Waals surface area contributed by atoms with Crippen molar-refractivity contribution in [1.82, 2.24) is 4.90 Å². The SMILES string of the molecule is CS(=O)(=O)Cc1cccc(C(=O)OCC(=O)N2CCOCC2)c1. The summed E-state index contributed by atoms with van der Waals surface area (Å²) in [5.74, 6) is -1.07. The monoisotopic (exact) mass is 341 g/mol. The number of esters is 1. The quantitative estimate of drug-likeness (QED) is 0.713. The summed E-state index contributed by atoms with van der Waals surface area (Å²) in [7, 11) is -3.18. The molecule has 8 heteroatoms. The van der Waals surface area contributed by atoms with E-state index < -0.39 is 15.8 Å². The Labute approximate surface area is 135 Å². The van der Waals surface area contributed by atoms with Crippen LogP contribution in [-0.4, -0.2) is 64.4 Å². The van der Waals surface area contributed by atoms with Gasteiger partial charge in [-0.3, -0.25) is 4.79 Å². The predicted molar refractivity (Wildman–Crippen MR) is 82.7 cm³/mol. The molecule has 0 spiro atoms. The Balaban J connectivity index is 1.92. The van der Waals surface area contributed by atoms with Crippen molar-refractivity contribution in [2.24, 2.45) is 0 Å². The number of hydrogen-bond acceptors (Lipinski definition) is 6. The molecule has 2 rings (SSSR count). The molecule has 0 radical (unpaired) electrons. The minimum atomic E-state index is -3.18. The zero-order valence-electron chi connectivity index (χ0n) is 12.9. The predicted octanol–water partition coefficient (Wildman–Crippen LogP) is 0.247. The number of morpholine rings is 1. The topological polar surface area (TPSA) is 90.0 Å². The van der Waals surface area contributed by atoms with Crippen LogP contribution in [0.4, 0.5) is 0 Å². The highest BCUT2D eigenvalue weighted by Crippen LogP contribution is 2.10. The largest absolute Gasteiger partial charge is 0.452 e. The van der Waals surface area contributed by atoms with Crippen LogP contribution >= 0.6 is 0 Å². The molecule has 126 valence electrons. The second kappa shape index (κ2) is 7.56. The molecular weight excluding hydrogens is 322 g/mol. The molecular formula is C15H19NO6S. The Bertz CT molecular complexity index is 679. The van der Waals surface area contributed by atoms with Gasteiger partial charge in [0.1, 0.15) is 0 Å². The third-order valence-electron chi connectivity index (χ3n) is 3.28. The summed E-state index contributed by atoms with van der Waals surface area (Å²) in [6.45, 7) is 1.59. The highest BCUT2D eigenvalue weighted by atomic mass is 32.2. The van der Waals surface area contributed by atoms with Gasteiger partial charge < -0.3 is 14.4 Å². The number of amides is 1. The molecule has 1 aliphatic heterocycles. The van der Waals surface area contributed by atoms with E-state index >= 15 is 0 Å². The van der Waals surface area contributed by atoms with Gasteiger partial charge >= 0.3 is 5.97 Å². The smallest absolute Gasteiger partial charge is 0.338 e. The average Bonchev–Trinajstić information content (AvgIpc) is 2.51. The van der Waals surface area contributed by atoms with Crippen LogP contribution in [0.3, 0.4) is 0 Å². The fourth-order valence-corrected chi connectivity index (χ4v) is 2.99. The Morgan fingerprint density at radius 1 is 1.26 bits per heavy atom. The van der Waals surface area contributed by atoms with Gasteiger partial charge in [0.2, 0.25) is 0 Å². The highest BCUT2D eigenvalue weighted by molar-refractivity contribution is 7.89. The molecule has 0 aliphatic carbocycles. The summed E-state index contributed by atoms with van der Waals surface area (Å²) in [6.07, 6.45) is 1.12. The molecule has 0 bridgehead atoms. The molecule has 1 saturated heterocycles. The number of rotatable bonds is 5. The van der Waals surface area contributed by atoms with E-state index in [-0.39, 0.29) is 23.8 Å². The lowest BCUT2D eigenvalue weighted by Gasteiger charge is -2.26. The van der Waals surface area contributed by atoms with Gasteiger partial charge in [-0.05, 0) is 17.7 Å². The van der Waals surface area contributed by atoms with E-state index in [4.69, 9.17) is 9.47 Å². The number of carbonyl (C=O) groups excluding carboxylic acids is 2. The molecule has 1 heterocycles. The first-order valence-electron chi connectivity index (χ1n) is 7.14. The zero-order valence-corrected chi connectivity index (χ0v) is 13.7. The van der Waals surface area contributed by atoms with Crippen LogP contribution in [-0.2, 0) is 29.9 Å². The fourth-order valence-electron chi connectivity index (χ4n) is 2.21. The lowest BCUT2D eigenvalue weighted by molar-refractivity contribution is -0.138. The molecule has 23 heavy (non-hydrogen) atoms. The Kier molecular flexibility index (Phi) is 5.73. The van der Waals surface area contributed by atoms with Crippen molar-refractivity contribution in [3.63, 3.8) is 0 Å². The van der Waals surface area contributed by atoms with Gasteiger partial charge in [0.15, 0.2) is 16.4 Å². The van der Waals surface area contributed by atoms with Gasteiger partial charge in [-0.25, -0.2) is 13.2 Å². The van der Waals surface area contributed by atoms with Crippen LogP contribution in [0.1, 0.15) is 15.9 Å². The van der Waals surface area contributed by atoms with Crippen molar-refractivity contribution >= 4 is 21.7 Å². The summed E-state index contributed by atoms with van der Waals surface area (Å²) in [6, 6.07) is 6.19. The van der Waals surface area contributed by atoms with Crippen molar-refractivity contribution in [2.45, 2.75) is 5.75 Å². The first-order chi connectivity index (χ1) is 10.8. The van der Waals surface area contributed by atoms with E-state index in [1.54, 1.807) is 17.0 Å². The van der Waals surface area contributed by atoms with E-state index in [2.05, 4.69) is 0 Å².